The summed E-state index contributed by atoms with van der Waals surface area (Å²) in [6.45, 7) is 3.25. The van der Waals surface area contributed by atoms with Gasteiger partial charge in [0, 0.05) is 24.8 Å². The smallest absolute Gasteiger partial charge is 0.370 e. The molecular formula is C14H16F3N3. The van der Waals surface area contributed by atoms with Crippen molar-refractivity contribution in [2.45, 2.75) is 25.6 Å². The molecule has 20 heavy (non-hydrogen) atoms. The van der Waals surface area contributed by atoms with Gasteiger partial charge >= 0.3 is 6.18 Å². The van der Waals surface area contributed by atoms with Crippen LogP contribution in [0.5, 0.6) is 0 Å². The number of nitrogens with zero attached hydrogens (tertiary/aromatic N) is 2. The zero-order valence-corrected chi connectivity index (χ0v) is 11.1. The Hall–Kier alpha value is -1.74. The summed E-state index contributed by atoms with van der Waals surface area (Å²) in [7, 11) is 0. The third-order valence-corrected chi connectivity index (χ3v) is 3.81. The maximum atomic E-state index is 12.9. The molecule has 1 saturated heterocycles. The molecule has 0 aromatic heterocycles. The van der Waals surface area contributed by atoms with Crippen molar-refractivity contribution in [2.75, 3.05) is 18.0 Å². The molecule has 1 aliphatic heterocycles. The number of anilines is 1. The molecule has 3 nitrogen and oxygen atoms in total. The van der Waals surface area contributed by atoms with Crippen LogP contribution in [0.4, 0.5) is 18.9 Å². The second kappa shape index (κ2) is 5.33. The minimum absolute atomic E-state index is 0.0475. The van der Waals surface area contributed by atoms with Crippen molar-refractivity contribution < 1.29 is 13.2 Å². The van der Waals surface area contributed by atoms with Gasteiger partial charge < -0.3 is 10.6 Å². The summed E-state index contributed by atoms with van der Waals surface area (Å²) in [4.78, 5) is 1.85. The number of nitrogens with two attached hydrogens (primary N) is 1. The Morgan fingerprint density at radius 2 is 2.10 bits per heavy atom. The van der Waals surface area contributed by atoms with Crippen LogP contribution in [0.25, 0.3) is 0 Å². The normalized spacial score (nSPS) is 23.5. The number of piperidine rings is 1. The van der Waals surface area contributed by atoms with Crippen molar-refractivity contribution in [1.29, 1.82) is 5.26 Å². The lowest BCUT2D eigenvalue weighted by Crippen LogP contribution is -2.47. The van der Waals surface area contributed by atoms with E-state index in [0.717, 1.165) is 12.5 Å². The highest BCUT2D eigenvalue weighted by Crippen LogP contribution is 2.35. The molecule has 0 bridgehead atoms. The van der Waals surface area contributed by atoms with Gasteiger partial charge in [-0.1, -0.05) is 6.92 Å². The fourth-order valence-corrected chi connectivity index (χ4v) is 2.39. The van der Waals surface area contributed by atoms with Crippen LogP contribution in [0.1, 0.15) is 24.5 Å². The van der Waals surface area contributed by atoms with Crippen molar-refractivity contribution in [1.82, 2.24) is 0 Å². The van der Waals surface area contributed by atoms with Gasteiger partial charge in [-0.05, 0) is 30.5 Å². The number of alkyl halides is 3. The zero-order valence-electron chi connectivity index (χ0n) is 11.1. The molecule has 2 rings (SSSR count). The van der Waals surface area contributed by atoms with Gasteiger partial charge in [-0.15, -0.1) is 0 Å². The quantitative estimate of drug-likeness (QED) is 0.862. The molecule has 6 heteroatoms. The number of hydrogen-bond donors (Lipinski definition) is 1. The van der Waals surface area contributed by atoms with E-state index in [1.54, 1.807) is 12.1 Å². The van der Waals surface area contributed by atoms with Gasteiger partial charge in [0.15, 0.2) is 0 Å². The highest BCUT2D eigenvalue weighted by molar-refractivity contribution is 5.55. The Kier molecular flexibility index (Phi) is 3.91. The molecule has 0 radical (unpaired) electrons. The van der Waals surface area contributed by atoms with Crippen molar-refractivity contribution >= 4 is 5.69 Å². The summed E-state index contributed by atoms with van der Waals surface area (Å²) in [6.07, 6.45) is -3.67. The van der Waals surface area contributed by atoms with Crippen molar-refractivity contribution in [3.8, 4) is 6.07 Å². The molecule has 1 heterocycles. The largest absolute Gasteiger partial charge is 0.417 e. The van der Waals surface area contributed by atoms with Crippen molar-refractivity contribution in [3.05, 3.63) is 29.3 Å². The molecule has 0 saturated carbocycles. The van der Waals surface area contributed by atoms with Crippen LogP contribution in [0, 0.1) is 17.2 Å². The van der Waals surface area contributed by atoms with Gasteiger partial charge in [-0.3, -0.25) is 0 Å². The Bertz CT molecular complexity index is 533. The first-order valence-corrected chi connectivity index (χ1v) is 6.45. The van der Waals surface area contributed by atoms with E-state index in [0.29, 0.717) is 24.7 Å². The Balaban J connectivity index is 2.33. The lowest BCUT2D eigenvalue weighted by atomic mass is 9.93. The molecule has 0 aliphatic carbocycles. The van der Waals surface area contributed by atoms with E-state index in [4.69, 9.17) is 11.0 Å². The zero-order chi connectivity index (χ0) is 14.9. The van der Waals surface area contributed by atoms with Crippen LogP contribution in [-0.4, -0.2) is 19.1 Å². The molecule has 108 valence electrons. The monoisotopic (exact) mass is 283 g/mol. The molecule has 0 amide bonds. The van der Waals surface area contributed by atoms with Crippen LogP contribution in [0.15, 0.2) is 18.2 Å². The SMILES string of the molecule is CC1CCN(c2ccc(C#N)c(C(F)(F)F)c2)CC1N. The van der Waals surface area contributed by atoms with Crippen LogP contribution < -0.4 is 10.6 Å². The van der Waals surface area contributed by atoms with E-state index in [1.165, 1.54) is 6.07 Å². The van der Waals surface area contributed by atoms with Gasteiger partial charge in [0.2, 0.25) is 0 Å². The molecule has 1 fully saturated rings. The van der Waals surface area contributed by atoms with Crippen LogP contribution in [0.2, 0.25) is 0 Å². The number of nitriles is 1. The van der Waals surface area contributed by atoms with E-state index in [1.807, 2.05) is 11.8 Å². The summed E-state index contributed by atoms with van der Waals surface area (Å²) in [5.41, 5.74) is 5.21. The average molecular weight is 283 g/mol. The van der Waals surface area contributed by atoms with Gasteiger partial charge in [0.1, 0.15) is 0 Å². The van der Waals surface area contributed by atoms with E-state index in [-0.39, 0.29) is 11.6 Å². The maximum absolute atomic E-state index is 12.9. The molecule has 0 spiro atoms. The predicted octanol–water partition coefficient (Wildman–Crippen LogP) is 2.75. The molecule has 2 unspecified atom stereocenters. The maximum Gasteiger partial charge on any atom is 0.417 e. The minimum Gasteiger partial charge on any atom is -0.370 e. The summed E-state index contributed by atoms with van der Waals surface area (Å²) in [6, 6.07) is 5.36. The fourth-order valence-electron chi connectivity index (χ4n) is 2.39. The lowest BCUT2D eigenvalue weighted by molar-refractivity contribution is -0.137. The van der Waals surface area contributed by atoms with Gasteiger partial charge in [-0.25, -0.2) is 0 Å². The second-order valence-electron chi connectivity index (χ2n) is 5.22. The molecule has 1 aromatic rings. The molecule has 2 N–H and O–H groups in total. The van der Waals surface area contributed by atoms with Gasteiger partial charge in [0.25, 0.3) is 0 Å². The van der Waals surface area contributed by atoms with Gasteiger partial charge in [-0.2, -0.15) is 18.4 Å². The Morgan fingerprint density at radius 3 is 2.65 bits per heavy atom. The van der Waals surface area contributed by atoms with Gasteiger partial charge in [0.05, 0.1) is 17.2 Å². The lowest BCUT2D eigenvalue weighted by Gasteiger charge is -2.36. The molecule has 2 atom stereocenters. The third kappa shape index (κ3) is 2.88. The predicted molar refractivity (Wildman–Crippen MR) is 70.1 cm³/mol. The molecular weight excluding hydrogens is 267 g/mol. The molecule has 1 aliphatic rings. The van der Waals surface area contributed by atoms with E-state index in [9.17, 15) is 13.2 Å². The second-order valence-corrected chi connectivity index (χ2v) is 5.22. The number of hydrogen-bond acceptors (Lipinski definition) is 3. The first kappa shape index (κ1) is 14.7. The standard InChI is InChI=1S/C14H16F3N3/c1-9-4-5-20(8-13(9)19)11-3-2-10(7-18)12(6-11)14(15,16)17/h2-3,6,9,13H,4-5,8,19H2,1H3. The summed E-state index contributed by atoms with van der Waals surface area (Å²) >= 11 is 0. The summed E-state index contributed by atoms with van der Waals surface area (Å²) in [5.74, 6) is 0.367. The average Bonchev–Trinajstić information content (AvgIpc) is 2.40. The Morgan fingerprint density at radius 1 is 1.40 bits per heavy atom. The summed E-state index contributed by atoms with van der Waals surface area (Å²) < 4.78 is 38.8. The number of benzene rings is 1. The minimum atomic E-state index is -4.52. The molecule has 1 aromatic carbocycles. The van der Waals surface area contributed by atoms with Crippen molar-refractivity contribution in [3.63, 3.8) is 0 Å². The Labute approximate surface area is 115 Å². The fraction of sp³-hybridized carbons (Fsp3) is 0.500. The van der Waals surface area contributed by atoms with Crippen molar-refractivity contribution in [2.24, 2.45) is 11.7 Å². The summed E-state index contributed by atoms with van der Waals surface area (Å²) in [5, 5.41) is 8.78. The number of halogens is 3. The highest BCUT2D eigenvalue weighted by Gasteiger charge is 2.34. The first-order chi connectivity index (χ1) is 9.32. The van der Waals surface area contributed by atoms with Crippen LogP contribution in [-0.2, 0) is 6.18 Å². The van der Waals surface area contributed by atoms with E-state index < -0.39 is 11.7 Å². The first-order valence-electron chi connectivity index (χ1n) is 6.45. The third-order valence-electron chi connectivity index (χ3n) is 3.81. The topological polar surface area (TPSA) is 53.0 Å². The highest BCUT2D eigenvalue weighted by atomic mass is 19.4. The van der Waals surface area contributed by atoms with E-state index in [2.05, 4.69) is 0 Å². The van der Waals surface area contributed by atoms with E-state index >= 15 is 0 Å². The van der Waals surface area contributed by atoms with Crippen LogP contribution >= 0.6 is 0 Å². The number of rotatable bonds is 1. The van der Waals surface area contributed by atoms with Crippen LogP contribution in [0.3, 0.4) is 0 Å².